The number of rotatable bonds is 9. The first kappa shape index (κ1) is 25.1. The molecule has 2 aromatic rings. The number of methoxy groups -OCH3 is 1. The minimum Gasteiger partial charge on any atom is -0.487 e. The van der Waals surface area contributed by atoms with Crippen LogP contribution in [0.4, 0.5) is 0 Å². The molecule has 2 bridgehead atoms. The lowest BCUT2D eigenvalue weighted by Gasteiger charge is -2.37. The highest BCUT2D eigenvalue weighted by atomic mass is 35.5. The number of sulfone groups is 1. The van der Waals surface area contributed by atoms with Crippen LogP contribution in [0.1, 0.15) is 51.4 Å². The van der Waals surface area contributed by atoms with E-state index < -0.39 is 19.9 Å². The Morgan fingerprint density at radius 1 is 0.919 bits per heavy atom. The molecule has 2 atom stereocenters. The summed E-state index contributed by atoms with van der Waals surface area (Å²) in [6.07, 6.45) is 6.71. The van der Waals surface area contributed by atoms with Crippen LogP contribution >= 0.6 is 11.6 Å². The Morgan fingerprint density at radius 2 is 1.57 bits per heavy atom. The SMILES string of the molecule is COc1c(Oc2ccc(S(=O)(=O)C3CC3)cc2Cl)ncnc1OC1CC2CCC(C1)N2S(=O)(=O)C1CC1. The summed E-state index contributed by atoms with van der Waals surface area (Å²) < 4.78 is 70.2. The van der Waals surface area contributed by atoms with Crippen LogP contribution in [0.25, 0.3) is 0 Å². The van der Waals surface area contributed by atoms with Gasteiger partial charge in [-0.2, -0.15) is 14.3 Å². The molecule has 2 saturated heterocycles. The summed E-state index contributed by atoms with van der Waals surface area (Å²) in [5.74, 6) is 0.660. The molecule has 1 aromatic heterocycles. The van der Waals surface area contributed by atoms with Gasteiger partial charge in [-0.05, 0) is 56.7 Å². The van der Waals surface area contributed by atoms with E-state index >= 15 is 0 Å². The molecule has 0 radical (unpaired) electrons. The summed E-state index contributed by atoms with van der Waals surface area (Å²) >= 11 is 6.36. The third kappa shape index (κ3) is 4.66. The van der Waals surface area contributed by atoms with Crippen LogP contribution in [0, 0.1) is 0 Å². The molecule has 2 unspecified atom stereocenters. The third-order valence-corrected chi connectivity index (χ3v) is 12.5. The van der Waals surface area contributed by atoms with Crippen molar-refractivity contribution in [2.24, 2.45) is 0 Å². The molecule has 2 aliphatic heterocycles. The zero-order chi connectivity index (χ0) is 25.9. The van der Waals surface area contributed by atoms with E-state index in [1.165, 1.54) is 31.6 Å². The van der Waals surface area contributed by atoms with Gasteiger partial charge in [-0.15, -0.1) is 0 Å². The third-order valence-electron chi connectivity index (χ3n) is 7.48. The Hall–Kier alpha value is -2.15. The minimum absolute atomic E-state index is 0.0675. The summed E-state index contributed by atoms with van der Waals surface area (Å²) in [6.45, 7) is 0. The van der Waals surface area contributed by atoms with Crippen molar-refractivity contribution in [3.63, 3.8) is 0 Å². The first-order valence-corrected chi connectivity index (χ1v) is 15.9. The molecule has 13 heteroatoms. The Kier molecular flexibility index (Phi) is 6.28. The first-order valence-electron chi connectivity index (χ1n) is 12.5. The number of fused-ring (bicyclic) bond motifs is 2. The van der Waals surface area contributed by atoms with Gasteiger partial charge in [-0.1, -0.05) is 11.6 Å². The minimum atomic E-state index is -3.38. The van der Waals surface area contributed by atoms with Crippen LogP contribution in [0.3, 0.4) is 0 Å². The number of benzene rings is 1. The lowest BCUT2D eigenvalue weighted by Crippen LogP contribution is -2.50. The molecule has 0 amide bonds. The van der Waals surface area contributed by atoms with Gasteiger partial charge >= 0.3 is 0 Å². The van der Waals surface area contributed by atoms with Crippen LogP contribution in [-0.2, 0) is 19.9 Å². The lowest BCUT2D eigenvalue weighted by molar-refractivity contribution is 0.0881. The Labute approximate surface area is 221 Å². The molecule has 2 aliphatic carbocycles. The molecular formula is C24H28ClN3O7S2. The predicted molar refractivity (Wildman–Crippen MR) is 135 cm³/mol. The number of hydrogen-bond donors (Lipinski definition) is 0. The summed E-state index contributed by atoms with van der Waals surface area (Å²) in [7, 11) is -5.18. The molecule has 4 aliphatic rings. The summed E-state index contributed by atoms with van der Waals surface area (Å²) in [4.78, 5) is 8.56. The smallest absolute Gasteiger partial charge is 0.269 e. The van der Waals surface area contributed by atoms with Crippen LogP contribution in [-0.4, -0.2) is 66.9 Å². The maximum Gasteiger partial charge on any atom is 0.269 e. The number of aromatic nitrogens is 2. The number of halogens is 1. The van der Waals surface area contributed by atoms with E-state index in [1.54, 1.807) is 4.31 Å². The van der Waals surface area contributed by atoms with Gasteiger partial charge in [0.25, 0.3) is 11.8 Å². The number of nitrogens with zero attached hydrogens (tertiary/aromatic N) is 3. The second-order valence-electron chi connectivity index (χ2n) is 10.1. The van der Waals surface area contributed by atoms with Gasteiger partial charge < -0.3 is 14.2 Å². The van der Waals surface area contributed by atoms with E-state index in [9.17, 15) is 16.8 Å². The zero-order valence-electron chi connectivity index (χ0n) is 20.2. The normalized spacial score (nSPS) is 26.2. The standard InChI is InChI=1S/C24H28ClN3O7S2/c1-33-22-23(34-16-10-14-2-3-15(11-16)28(14)37(31,32)18-6-7-18)26-13-27-24(22)35-21-9-8-19(12-20(21)25)36(29,30)17-4-5-17/h8-9,12-18H,2-7,10-11H2,1H3. The maximum atomic E-state index is 12.9. The van der Waals surface area contributed by atoms with Gasteiger partial charge in [0, 0.05) is 24.9 Å². The molecule has 10 nitrogen and oxygen atoms in total. The summed E-state index contributed by atoms with van der Waals surface area (Å²) in [5, 5.41) is -0.428. The molecule has 4 fully saturated rings. The number of piperidine rings is 1. The monoisotopic (exact) mass is 569 g/mol. The quantitative estimate of drug-likeness (QED) is 0.444. The second kappa shape index (κ2) is 9.25. The highest BCUT2D eigenvalue weighted by Crippen LogP contribution is 2.45. The van der Waals surface area contributed by atoms with Gasteiger partial charge in [0.1, 0.15) is 18.2 Å². The van der Waals surface area contributed by atoms with E-state index in [-0.39, 0.29) is 61.9 Å². The van der Waals surface area contributed by atoms with Gasteiger partial charge in [-0.25, -0.2) is 16.8 Å². The fraction of sp³-hybridized carbons (Fsp3) is 0.583. The van der Waals surface area contributed by atoms with Crippen molar-refractivity contribution in [2.75, 3.05) is 7.11 Å². The number of ether oxygens (including phenoxy) is 3. The van der Waals surface area contributed by atoms with Gasteiger partial charge in [0.15, 0.2) is 9.84 Å². The average molecular weight is 570 g/mol. The van der Waals surface area contributed by atoms with Crippen LogP contribution in [0.2, 0.25) is 5.02 Å². The molecule has 37 heavy (non-hydrogen) atoms. The molecule has 0 spiro atoms. The molecule has 3 heterocycles. The maximum absolute atomic E-state index is 12.9. The Bertz CT molecular complexity index is 1410. The number of sulfonamides is 1. The molecule has 200 valence electrons. The van der Waals surface area contributed by atoms with Gasteiger partial charge in [-0.3, -0.25) is 0 Å². The summed E-state index contributed by atoms with van der Waals surface area (Å²) in [6, 6.07) is 4.21. The second-order valence-corrected chi connectivity index (χ2v) is 14.9. The van der Waals surface area contributed by atoms with E-state index in [0.29, 0.717) is 25.7 Å². The Balaban J connectivity index is 1.19. The Morgan fingerprint density at radius 3 is 2.16 bits per heavy atom. The topological polar surface area (TPSA) is 125 Å². The van der Waals surface area contributed by atoms with Crippen LogP contribution in [0.5, 0.6) is 23.3 Å². The van der Waals surface area contributed by atoms with Crippen molar-refractivity contribution in [1.29, 1.82) is 0 Å². The van der Waals surface area contributed by atoms with Crippen LogP contribution in [0.15, 0.2) is 29.4 Å². The van der Waals surface area contributed by atoms with Gasteiger partial charge in [0.2, 0.25) is 15.8 Å². The predicted octanol–water partition coefficient (Wildman–Crippen LogP) is 3.73. The van der Waals surface area contributed by atoms with E-state index in [0.717, 1.165) is 25.7 Å². The zero-order valence-corrected chi connectivity index (χ0v) is 22.6. The number of hydrogen-bond acceptors (Lipinski definition) is 9. The summed E-state index contributed by atoms with van der Waals surface area (Å²) in [5.41, 5.74) is 0. The molecular weight excluding hydrogens is 542 g/mol. The van der Waals surface area contributed by atoms with Crippen LogP contribution < -0.4 is 14.2 Å². The van der Waals surface area contributed by atoms with Crippen molar-refractivity contribution in [3.05, 3.63) is 29.5 Å². The van der Waals surface area contributed by atoms with Crippen molar-refractivity contribution in [2.45, 2.75) is 84.9 Å². The van der Waals surface area contributed by atoms with Crippen molar-refractivity contribution in [3.8, 4) is 23.3 Å². The average Bonchev–Trinajstić information content (AvgIpc) is 3.76. The molecule has 0 N–H and O–H groups in total. The largest absolute Gasteiger partial charge is 0.487 e. The molecule has 1 aromatic carbocycles. The first-order chi connectivity index (χ1) is 17.7. The van der Waals surface area contributed by atoms with E-state index in [2.05, 4.69) is 9.97 Å². The molecule has 2 saturated carbocycles. The molecule has 6 rings (SSSR count). The lowest BCUT2D eigenvalue weighted by atomic mass is 10.0. The highest BCUT2D eigenvalue weighted by Gasteiger charge is 2.52. The van der Waals surface area contributed by atoms with E-state index in [4.69, 9.17) is 25.8 Å². The van der Waals surface area contributed by atoms with Crippen molar-refractivity contribution < 1.29 is 31.0 Å². The van der Waals surface area contributed by atoms with Crippen molar-refractivity contribution >= 4 is 31.5 Å². The highest BCUT2D eigenvalue weighted by molar-refractivity contribution is 7.92. The fourth-order valence-electron chi connectivity index (χ4n) is 5.38. The van der Waals surface area contributed by atoms with E-state index in [1.807, 2.05) is 0 Å². The van der Waals surface area contributed by atoms with Gasteiger partial charge in [0.05, 0.1) is 27.5 Å². The van der Waals surface area contributed by atoms with Crippen molar-refractivity contribution in [1.82, 2.24) is 14.3 Å². The fourth-order valence-corrected chi connectivity index (χ4v) is 9.64.